The maximum absolute atomic E-state index is 5.72. The molecule has 1 fully saturated rings. The van der Waals surface area contributed by atoms with E-state index < -0.39 is 0 Å². The zero-order chi connectivity index (χ0) is 13.5. The Morgan fingerprint density at radius 2 is 1.94 bits per heavy atom. The Bertz CT molecular complexity index is 215. The van der Waals surface area contributed by atoms with E-state index >= 15 is 0 Å². The molecule has 0 amide bonds. The monoisotopic (exact) mass is 254 g/mol. The van der Waals surface area contributed by atoms with Crippen molar-refractivity contribution in [1.29, 1.82) is 0 Å². The van der Waals surface area contributed by atoms with Crippen LogP contribution >= 0.6 is 0 Å². The number of rotatable bonds is 8. The third-order valence-corrected chi connectivity index (χ3v) is 4.90. The third-order valence-electron chi connectivity index (χ3n) is 4.90. The summed E-state index contributed by atoms with van der Waals surface area (Å²) in [6, 6.07) is 1.66. The van der Waals surface area contributed by atoms with Crippen molar-refractivity contribution in [2.45, 2.75) is 78.3 Å². The number of hydrogen-bond acceptors (Lipinski definition) is 2. The summed E-state index contributed by atoms with van der Waals surface area (Å²) >= 11 is 0. The number of likely N-dealkylation sites (tertiary alicyclic amines) is 1. The van der Waals surface area contributed by atoms with Gasteiger partial charge in [0.05, 0.1) is 0 Å². The summed E-state index contributed by atoms with van der Waals surface area (Å²) in [5.74, 6) is 1.61. The fourth-order valence-corrected chi connectivity index (χ4v) is 3.53. The van der Waals surface area contributed by atoms with Crippen LogP contribution in [0, 0.1) is 11.8 Å². The van der Waals surface area contributed by atoms with Gasteiger partial charge in [-0.15, -0.1) is 0 Å². The van der Waals surface area contributed by atoms with Crippen molar-refractivity contribution in [2.24, 2.45) is 17.6 Å². The summed E-state index contributed by atoms with van der Waals surface area (Å²) in [5, 5.41) is 0. The summed E-state index contributed by atoms with van der Waals surface area (Å²) < 4.78 is 0. The molecule has 108 valence electrons. The third kappa shape index (κ3) is 4.55. The van der Waals surface area contributed by atoms with Gasteiger partial charge in [-0.1, -0.05) is 20.8 Å². The number of hydrogen-bond donors (Lipinski definition) is 1. The molecule has 1 rings (SSSR count). The zero-order valence-corrected chi connectivity index (χ0v) is 13.0. The first kappa shape index (κ1) is 16.0. The summed E-state index contributed by atoms with van der Waals surface area (Å²) in [4.78, 5) is 2.75. The first-order valence-electron chi connectivity index (χ1n) is 8.05. The van der Waals surface area contributed by atoms with Crippen molar-refractivity contribution in [3.05, 3.63) is 0 Å². The van der Waals surface area contributed by atoms with E-state index in [0.717, 1.165) is 30.5 Å². The molecule has 0 aromatic carbocycles. The molecule has 0 aromatic heterocycles. The lowest BCUT2D eigenvalue weighted by atomic mass is 9.88. The molecule has 0 aromatic rings. The molecule has 0 spiro atoms. The van der Waals surface area contributed by atoms with Crippen LogP contribution < -0.4 is 5.73 Å². The van der Waals surface area contributed by atoms with Gasteiger partial charge >= 0.3 is 0 Å². The van der Waals surface area contributed by atoms with E-state index in [-0.39, 0.29) is 0 Å². The fraction of sp³-hybridized carbons (Fsp3) is 1.00. The van der Waals surface area contributed by atoms with Gasteiger partial charge in [0, 0.05) is 12.1 Å². The minimum absolute atomic E-state index is 0.784. The highest BCUT2D eigenvalue weighted by Crippen LogP contribution is 2.27. The molecule has 3 atom stereocenters. The average molecular weight is 254 g/mol. The zero-order valence-electron chi connectivity index (χ0n) is 13.0. The molecule has 18 heavy (non-hydrogen) atoms. The van der Waals surface area contributed by atoms with Gasteiger partial charge in [0.25, 0.3) is 0 Å². The predicted octanol–water partition coefficient (Wildman–Crippen LogP) is 3.65. The Labute approximate surface area is 114 Å². The van der Waals surface area contributed by atoms with E-state index in [4.69, 9.17) is 5.73 Å². The van der Waals surface area contributed by atoms with E-state index in [2.05, 4.69) is 32.6 Å². The highest BCUT2D eigenvalue weighted by Gasteiger charge is 2.28. The summed E-state index contributed by atoms with van der Waals surface area (Å²) in [7, 11) is 0. The second kappa shape index (κ2) is 8.16. The van der Waals surface area contributed by atoms with Crippen molar-refractivity contribution in [1.82, 2.24) is 4.90 Å². The van der Waals surface area contributed by atoms with Crippen molar-refractivity contribution in [3.8, 4) is 0 Å². The van der Waals surface area contributed by atoms with Gasteiger partial charge in [-0.3, -0.25) is 4.90 Å². The molecule has 3 unspecified atom stereocenters. The van der Waals surface area contributed by atoms with Crippen LogP contribution in [0.5, 0.6) is 0 Å². The van der Waals surface area contributed by atoms with E-state index in [1.54, 1.807) is 0 Å². The second-order valence-electron chi connectivity index (χ2n) is 6.45. The molecule has 0 bridgehead atoms. The second-order valence-corrected chi connectivity index (χ2v) is 6.45. The molecule has 0 saturated carbocycles. The Morgan fingerprint density at radius 1 is 1.22 bits per heavy atom. The Balaban J connectivity index is 2.30. The van der Waals surface area contributed by atoms with Gasteiger partial charge in [-0.05, 0) is 70.4 Å². The molecule has 2 nitrogen and oxygen atoms in total. The highest BCUT2D eigenvalue weighted by atomic mass is 15.2. The molecule has 2 N–H and O–H groups in total. The van der Waals surface area contributed by atoms with Crippen molar-refractivity contribution >= 4 is 0 Å². The smallest absolute Gasteiger partial charge is 0.00960 e. The Kier molecular flexibility index (Phi) is 7.25. The summed E-state index contributed by atoms with van der Waals surface area (Å²) in [6.07, 6.45) is 8.03. The molecule has 1 aliphatic rings. The molecule has 2 heteroatoms. The van der Waals surface area contributed by atoms with Crippen LogP contribution in [0.2, 0.25) is 0 Å². The van der Waals surface area contributed by atoms with E-state index in [9.17, 15) is 0 Å². The lowest BCUT2D eigenvalue weighted by Crippen LogP contribution is -2.35. The van der Waals surface area contributed by atoms with E-state index in [0.29, 0.717) is 0 Å². The molecule has 0 aliphatic carbocycles. The summed E-state index contributed by atoms with van der Waals surface area (Å²) in [6.45, 7) is 11.6. The molecule has 1 heterocycles. The van der Waals surface area contributed by atoms with Gasteiger partial charge in [-0.2, -0.15) is 0 Å². The highest BCUT2D eigenvalue weighted by molar-refractivity contribution is 4.84. The Hall–Kier alpha value is -0.0800. The number of nitrogens with zero attached hydrogens (tertiary/aromatic N) is 1. The first-order chi connectivity index (χ1) is 8.60. The van der Waals surface area contributed by atoms with Gasteiger partial charge in [0.1, 0.15) is 0 Å². The summed E-state index contributed by atoms with van der Waals surface area (Å²) in [5.41, 5.74) is 5.72. The normalized spacial score (nSPS) is 27.0. The quantitative estimate of drug-likeness (QED) is 0.716. The van der Waals surface area contributed by atoms with E-state index in [1.807, 2.05) is 0 Å². The van der Waals surface area contributed by atoms with Crippen molar-refractivity contribution in [2.75, 3.05) is 13.1 Å². The van der Waals surface area contributed by atoms with Crippen molar-refractivity contribution < 1.29 is 0 Å². The van der Waals surface area contributed by atoms with Gasteiger partial charge in [-0.25, -0.2) is 0 Å². The van der Waals surface area contributed by atoms with Gasteiger partial charge in [0.15, 0.2) is 0 Å². The molecule has 1 aliphatic heterocycles. The van der Waals surface area contributed by atoms with Crippen LogP contribution in [-0.2, 0) is 0 Å². The standard InChI is InChI=1S/C16H34N2/c1-5-16-9-8-14(4)18(16)12-6-7-15(10-11-17)13(2)3/h13-16H,5-12,17H2,1-4H3. The van der Waals surface area contributed by atoms with Gasteiger partial charge < -0.3 is 5.73 Å². The van der Waals surface area contributed by atoms with Gasteiger partial charge in [0.2, 0.25) is 0 Å². The van der Waals surface area contributed by atoms with Crippen LogP contribution in [0.25, 0.3) is 0 Å². The van der Waals surface area contributed by atoms with Crippen LogP contribution in [0.3, 0.4) is 0 Å². The molecular formula is C16H34N2. The largest absolute Gasteiger partial charge is 0.330 e. The van der Waals surface area contributed by atoms with Crippen LogP contribution in [0.1, 0.15) is 66.2 Å². The van der Waals surface area contributed by atoms with Crippen molar-refractivity contribution in [3.63, 3.8) is 0 Å². The lowest BCUT2D eigenvalue weighted by Gasteiger charge is -2.29. The maximum atomic E-state index is 5.72. The van der Waals surface area contributed by atoms with Crippen LogP contribution in [0.15, 0.2) is 0 Å². The van der Waals surface area contributed by atoms with Crippen LogP contribution in [0.4, 0.5) is 0 Å². The molecule has 1 saturated heterocycles. The topological polar surface area (TPSA) is 29.3 Å². The van der Waals surface area contributed by atoms with E-state index in [1.165, 1.54) is 45.1 Å². The fourth-order valence-electron chi connectivity index (χ4n) is 3.53. The SMILES string of the molecule is CCC1CCC(C)N1CCCC(CCN)C(C)C. The first-order valence-corrected chi connectivity index (χ1v) is 8.05. The maximum Gasteiger partial charge on any atom is 0.00960 e. The Morgan fingerprint density at radius 3 is 2.50 bits per heavy atom. The molecular weight excluding hydrogens is 220 g/mol. The molecule has 0 radical (unpaired) electrons. The minimum Gasteiger partial charge on any atom is -0.330 e. The lowest BCUT2D eigenvalue weighted by molar-refractivity contribution is 0.186. The van der Waals surface area contributed by atoms with Crippen LogP contribution in [-0.4, -0.2) is 30.1 Å². The predicted molar refractivity (Wildman–Crippen MR) is 80.7 cm³/mol. The minimum atomic E-state index is 0.784. The number of nitrogens with two attached hydrogens (primary N) is 1. The average Bonchev–Trinajstić information content (AvgIpc) is 2.69.